The van der Waals surface area contributed by atoms with E-state index in [1.807, 2.05) is 19.9 Å². The lowest BCUT2D eigenvalue weighted by atomic mass is 10.2. The van der Waals surface area contributed by atoms with Crippen molar-refractivity contribution >= 4 is 21.6 Å². The van der Waals surface area contributed by atoms with Gasteiger partial charge in [0.25, 0.3) is 0 Å². The molecule has 8 nitrogen and oxygen atoms in total. The fourth-order valence-corrected chi connectivity index (χ4v) is 4.24. The molecule has 2 heterocycles. The standard InChI is InChI=1S/C16H17ClN4O4S/c1-10(2)15-19-20-16(25-15)14-9-21(5-6-24-14)26(22,23)12-4-3-11(8-18)13(17)7-12/h3-4,7,10,14H,5-6,9H2,1-2H3/t14-/m0/s1. The summed E-state index contributed by atoms with van der Waals surface area (Å²) in [7, 11) is -3.79. The molecule has 1 aromatic heterocycles. The molecule has 0 aliphatic carbocycles. The number of nitriles is 1. The summed E-state index contributed by atoms with van der Waals surface area (Å²) in [4.78, 5) is 0.0237. The summed E-state index contributed by atoms with van der Waals surface area (Å²) in [5.41, 5.74) is 0.220. The van der Waals surface area contributed by atoms with Crippen LogP contribution in [0.25, 0.3) is 0 Å². The van der Waals surface area contributed by atoms with E-state index < -0.39 is 16.1 Å². The normalized spacial score (nSPS) is 18.8. The maximum Gasteiger partial charge on any atom is 0.246 e. The highest BCUT2D eigenvalue weighted by Crippen LogP contribution is 2.28. The van der Waals surface area contributed by atoms with Crippen molar-refractivity contribution < 1.29 is 17.6 Å². The third-order valence-electron chi connectivity index (χ3n) is 3.95. The highest BCUT2D eigenvalue weighted by atomic mass is 35.5. The molecule has 0 bridgehead atoms. The van der Waals surface area contributed by atoms with Gasteiger partial charge in [-0.1, -0.05) is 25.4 Å². The van der Waals surface area contributed by atoms with Crippen LogP contribution in [0, 0.1) is 11.3 Å². The van der Waals surface area contributed by atoms with E-state index in [0.29, 0.717) is 5.89 Å². The molecule has 26 heavy (non-hydrogen) atoms. The lowest BCUT2D eigenvalue weighted by molar-refractivity contribution is -0.0179. The molecule has 1 aliphatic rings. The van der Waals surface area contributed by atoms with Crippen LogP contribution in [0.4, 0.5) is 0 Å². The molecule has 138 valence electrons. The minimum atomic E-state index is -3.79. The summed E-state index contributed by atoms with van der Waals surface area (Å²) in [6.45, 7) is 4.30. The SMILES string of the molecule is CC(C)c1nnc([C@@H]2CN(S(=O)(=O)c3ccc(C#N)c(Cl)c3)CCO2)o1. The van der Waals surface area contributed by atoms with Crippen molar-refractivity contribution in [2.75, 3.05) is 19.7 Å². The molecular weight excluding hydrogens is 380 g/mol. The van der Waals surface area contributed by atoms with E-state index in [1.165, 1.54) is 22.5 Å². The lowest BCUT2D eigenvalue weighted by Gasteiger charge is -2.30. The van der Waals surface area contributed by atoms with Crippen molar-refractivity contribution in [1.29, 1.82) is 5.26 Å². The molecule has 10 heteroatoms. The van der Waals surface area contributed by atoms with Gasteiger partial charge in [0.1, 0.15) is 12.2 Å². The van der Waals surface area contributed by atoms with E-state index in [9.17, 15) is 8.42 Å². The first kappa shape index (κ1) is 18.8. The Labute approximate surface area is 156 Å². The average Bonchev–Trinajstić information content (AvgIpc) is 3.12. The number of halogens is 1. The predicted octanol–water partition coefficient (Wildman–Crippen LogP) is 2.48. The Morgan fingerprint density at radius 2 is 2.15 bits per heavy atom. The topological polar surface area (TPSA) is 109 Å². The monoisotopic (exact) mass is 396 g/mol. The molecule has 1 saturated heterocycles. The predicted molar refractivity (Wildman–Crippen MR) is 92.0 cm³/mol. The quantitative estimate of drug-likeness (QED) is 0.780. The molecule has 1 aromatic carbocycles. The zero-order valence-corrected chi connectivity index (χ0v) is 15.8. The molecule has 0 spiro atoms. The van der Waals surface area contributed by atoms with Crippen LogP contribution < -0.4 is 0 Å². The molecule has 0 N–H and O–H groups in total. The van der Waals surface area contributed by atoms with Crippen molar-refractivity contribution in [3.63, 3.8) is 0 Å². The molecular formula is C16H17ClN4O4S. The summed E-state index contributed by atoms with van der Waals surface area (Å²) in [5, 5.41) is 16.9. The van der Waals surface area contributed by atoms with Crippen LogP contribution >= 0.6 is 11.6 Å². The van der Waals surface area contributed by atoms with Crippen LogP contribution in [0.5, 0.6) is 0 Å². The van der Waals surface area contributed by atoms with Crippen molar-refractivity contribution in [2.24, 2.45) is 0 Å². The van der Waals surface area contributed by atoms with Crippen LogP contribution in [0.3, 0.4) is 0 Å². The van der Waals surface area contributed by atoms with Gasteiger partial charge in [0.2, 0.25) is 21.8 Å². The van der Waals surface area contributed by atoms with E-state index in [-0.39, 0.29) is 47.0 Å². The minimum Gasteiger partial charge on any atom is -0.422 e. The van der Waals surface area contributed by atoms with Crippen LogP contribution in [0.1, 0.15) is 43.2 Å². The van der Waals surface area contributed by atoms with Crippen LogP contribution in [0.15, 0.2) is 27.5 Å². The smallest absolute Gasteiger partial charge is 0.246 e. The highest BCUT2D eigenvalue weighted by molar-refractivity contribution is 7.89. The molecule has 0 radical (unpaired) electrons. The maximum absolute atomic E-state index is 12.9. The Balaban J connectivity index is 1.84. The number of ether oxygens (including phenoxy) is 1. The van der Waals surface area contributed by atoms with Crippen LogP contribution in [-0.4, -0.2) is 42.6 Å². The molecule has 1 aliphatic heterocycles. The Morgan fingerprint density at radius 1 is 1.38 bits per heavy atom. The second kappa shape index (κ2) is 7.32. The fourth-order valence-electron chi connectivity index (χ4n) is 2.50. The van der Waals surface area contributed by atoms with Gasteiger partial charge in [-0.15, -0.1) is 10.2 Å². The van der Waals surface area contributed by atoms with Crippen LogP contribution in [0.2, 0.25) is 5.02 Å². The molecule has 3 rings (SSSR count). The van der Waals surface area contributed by atoms with Crippen molar-refractivity contribution in [3.8, 4) is 6.07 Å². The number of sulfonamides is 1. The summed E-state index contributed by atoms with van der Waals surface area (Å²) in [6.07, 6.45) is -0.632. The summed E-state index contributed by atoms with van der Waals surface area (Å²) in [5.74, 6) is 0.800. The second-order valence-electron chi connectivity index (χ2n) is 6.11. The van der Waals surface area contributed by atoms with Gasteiger partial charge >= 0.3 is 0 Å². The summed E-state index contributed by atoms with van der Waals surface area (Å²) >= 11 is 5.97. The number of nitrogens with zero attached hydrogens (tertiary/aromatic N) is 4. The first-order valence-electron chi connectivity index (χ1n) is 7.97. The minimum absolute atomic E-state index is 0.0237. The van der Waals surface area contributed by atoms with Gasteiger partial charge in [0.15, 0.2) is 0 Å². The Morgan fingerprint density at radius 3 is 2.77 bits per heavy atom. The first-order valence-corrected chi connectivity index (χ1v) is 9.79. The lowest BCUT2D eigenvalue weighted by Crippen LogP contribution is -2.42. The molecule has 0 amide bonds. The van der Waals surface area contributed by atoms with Crippen molar-refractivity contribution in [3.05, 3.63) is 40.6 Å². The van der Waals surface area contributed by atoms with E-state index in [2.05, 4.69) is 10.2 Å². The Kier molecular flexibility index (Phi) is 5.29. The Hall–Kier alpha value is -1.99. The van der Waals surface area contributed by atoms with E-state index in [0.717, 1.165) is 0 Å². The number of morpholine rings is 1. The largest absolute Gasteiger partial charge is 0.422 e. The van der Waals surface area contributed by atoms with E-state index in [1.54, 1.807) is 0 Å². The number of benzene rings is 1. The first-order chi connectivity index (χ1) is 12.3. The van der Waals surface area contributed by atoms with Gasteiger partial charge in [-0.05, 0) is 18.2 Å². The second-order valence-corrected chi connectivity index (χ2v) is 8.45. The maximum atomic E-state index is 12.9. The zero-order valence-electron chi connectivity index (χ0n) is 14.2. The van der Waals surface area contributed by atoms with Crippen molar-refractivity contribution in [2.45, 2.75) is 30.8 Å². The summed E-state index contributed by atoms with van der Waals surface area (Å²) in [6, 6.07) is 5.94. The molecule has 0 unspecified atom stereocenters. The van der Waals surface area contributed by atoms with Gasteiger partial charge in [-0.25, -0.2) is 8.42 Å². The Bertz CT molecular complexity index is 951. The van der Waals surface area contributed by atoms with Crippen LogP contribution in [-0.2, 0) is 14.8 Å². The zero-order chi connectivity index (χ0) is 18.9. The van der Waals surface area contributed by atoms with E-state index in [4.69, 9.17) is 26.0 Å². The van der Waals surface area contributed by atoms with Gasteiger partial charge in [-0.2, -0.15) is 9.57 Å². The van der Waals surface area contributed by atoms with Gasteiger partial charge in [0, 0.05) is 19.0 Å². The van der Waals surface area contributed by atoms with E-state index >= 15 is 0 Å². The number of hydrogen-bond acceptors (Lipinski definition) is 7. The van der Waals surface area contributed by atoms with Crippen molar-refractivity contribution in [1.82, 2.24) is 14.5 Å². The van der Waals surface area contributed by atoms with Gasteiger partial charge in [0.05, 0.1) is 22.1 Å². The van der Waals surface area contributed by atoms with Gasteiger partial charge in [-0.3, -0.25) is 0 Å². The summed E-state index contributed by atoms with van der Waals surface area (Å²) < 4.78 is 38.3. The van der Waals surface area contributed by atoms with Gasteiger partial charge < -0.3 is 9.15 Å². The average molecular weight is 397 g/mol. The molecule has 2 aromatic rings. The number of hydrogen-bond donors (Lipinski definition) is 0. The number of rotatable bonds is 4. The number of aromatic nitrogens is 2. The third kappa shape index (κ3) is 3.59. The third-order valence-corrected chi connectivity index (χ3v) is 6.13. The highest BCUT2D eigenvalue weighted by Gasteiger charge is 2.34. The molecule has 1 atom stereocenters. The molecule has 0 saturated carbocycles. The fraction of sp³-hybridized carbons (Fsp3) is 0.438. The molecule has 1 fully saturated rings.